The first-order valence-electron chi connectivity index (χ1n) is 27.8. The fraction of sp³-hybridized carbons (Fsp3) is 0.717. The first-order chi connectivity index (χ1) is 33.6. The number of ether oxygens (including phenoxy) is 4. The Morgan fingerprint density at radius 1 is 0.449 bits per heavy atom. The Morgan fingerprint density at radius 2 is 0.826 bits per heavy atom. The van der Waals surface area contributed by atoms with Crippen LogP contribution >= 0.6 is 0 Å². The van der Waals surface area contributed by atoms with E-state index in [1.165, 1.54) is 96.3 Å². The van der Waals surface area contributed by atoms with E-state index in [4.69, 9.17) is 18.9 Å². The van der Waals surface area contributed by atoms with E-state index in [9.17, 15) is 19.5 Å². The number of quaternary nitrogens is 1. The number of allylic oxidation sites excluding steroid dienone is 14. The van der Waals surface area contributed by atoms with Crippen molar-refractivity contribution in [3.63, 3.8) is 0 Å². The largest absolute Gasteiger partial charge is 0.477 e. The van der Waals surface area contributed by atoms with Crippen molar-refractivity contribution in [3.8, 4) is 0 Å². The van der Waals surface area contributed by atoms with Crippen LogP contribution in [0.3, 0.4) is 0 Å². The number of esters is 2. The monoisotopic (exact) mass is 967 g/mol. The minimum Gasteiger partial charge on any atom is -0.477 e. The molecule has 0 rings (SSSR count). The molecule has 2 atom stereocenters. The average molecular weight is 967 g/mol. The van der Waals surface area contributed by atoms with E-state index in [2.05, 4.69) is 98.9 Å². The summed E-state index contributed by atoms with van der Waals surface area (Å²) in [5, 5.41) is 9.69. The number of hydrogen-bond acceptors (Lipinski definition) is 7. The molecule has 0 aromatic rings. The molecule has 0 aromatic carbocycles. The number of hydrogen-bond donors (Lipinski definition) is 1. The molecule has 0 spiro atoms. The maximum atomic E-state index is 12.9. The normalized spacial score (nSPS) is 13.5. The van der Waals surface area contributed by atoms with Crippen LogP contribution in [0.1, 0.15) is 219 Å². The molecule has 1 N–H and O–H groups in total. The molecule has 69 heavy (non-hydrogen) atoms. The Balaban J connectivity index is 4.31. The van der Waals surface area contributed by atoms with Crippen LogP contribution in [0.2, 0.25) is 0 Å². The highest BCUT2D eigenvalue weighted by molar-refractivity contribution is 5.71. The van der Waals surface area contributed by atoms with E-state index in [0.717, 1.165) is 89.9 Å². The lowest BCUT2D eigenvalue weighted by Gasteiger charge is -2.25. The van der Waals surface area contributed by atoms with Crippen LogP contribution in [0.25, 0.3) is 0 Å². The summed E-state index contributed by atoms with van der Waals surface area (Å²) in [7, 11) is 5.96. The minimum absolute atomic E-state index is 0.181. The van der Waals surface area contributed by atoms with Crippen LogP contribution in [0.5, 0.6) is 0 Å². The van der Waals surface area contributed by atoms with Gasteiger partial charge in [0.1, 0.15) is 13.2 Å². The van der Waals surface area contributed by atoms with Gasteiger partial charge >= 0.3 is 17.9 Å². The quantitative estimate of drug-likeness (QED) is 0.0211. The maximum absolute atomic E-state index is 12.9. The second-order valence-corrected chi connectivity index (χ2v) is 19.5. The van der Waals surface area contributed by atoms with Gasteiger partial charge in [0.15, 0.2) is 6.10 Å². The van der Waals surface area contributed by atoms with Crippen molar-refractivity contribution in [2.45, 2.75) is 232 Å². The van der Waals surface area contributed by atoms with Gasteiger partial charge in [-0.3, -0.25) is 9.59 Å². The molecule has 396 valence electrons. The van der Waals surface area contributed by atoms with Crippen LogP contribution in [0, 0.1) is 0 Å². The molecule has 0 heterocycles. The molecule has 0 aromatic heterocycles. The molecule has 0 saturated heterocycles. The number of aliphatic carboxylic acids is 1. The summed E-state index contributed by atoms with van der Waals surface area (Å²) >= 11 is 0. The summed E-state index contributed by atoms with van der Waals surface area (Å²) in [5.41, 5.74) is 0. The van der Waals surface area contributed by atoms with Crippen molar-refractivity contribution >= 4 is 17.9 Å². The number of carbonyl (C=O) groups is 3. The molecule has 0 fully saturated rings. The molecule has 9 nitrogen and oxygen atoms in total. The summed E-state index contributed by atoms with van der Waals surface area (Å²) < 4.78 is 22.8. The fourth-order valence-corrected chi connectivity index (χ4v) is 7.36. The van der Waals surface area contributed by atoms with Gasteiger partial charge < -0.3 is 28.5 Å². The van der Waals surface area contributed by atoms with Gasteiger partial charge in [0.05, 0.1) is 34.4 Å². The van der Waals surface area contributed by atoms with Gasteiger partial charge in [-0.1, -0.05) is 202 Å². The van der Waals surface area contributed by atoms with Crippen LogP contribution in [-0.2, 0) is 33.3 Å². The zero-order chi connectivity index (χ0) is 50.6. The second kappa shape index (κ2) is 50.8. The van der Waals surface area contributed by atoms with Crippen LogP contribution in [0.15, 0.2) is 85.1 Å². The van der Waals surface area contributed by atoms with Gasteiger partial charge in [-0.25, -0.2) is 4.79 Å². The molecule has 0 saturated carbocycles. The van der Waals surface area contributed by atoms with E-state index in [1.807, 2.05) is 21.1 Å². The Labute approximate surface area is 423 Å². The van der Waals surface area contributed by atoms with Gasteiger partial charge in [-0.2, -0.15) is 0 Å². The smallest absolute Gasteiger partial charge is 0.361 e. The number of carboxylic acid groups (broad SMARTS) is 1. The Kier molecular flexibility index (Phi) is 48.2. The van der Waals surface area contributed by atoms with E-state index in [0.29, 0.717) is 23.9 Å². The number of unbranched alkanes of at least 4 members (excludes halogenated alkanes) is 21. The Hall–Kier alpha value is -3.53. The fourth-order valence-electron chi connectivity index (χ4n) is 7.36. The van der Waals surface area contributed by atoms with Crippen molar-refractivity contribution in [2.75, 3.05) is 47.5 Å². The lowest BCUT2D eigenvalue weighted by atomic mass is 10.1. The summed E-state index contributed by atoms with van der Waals surface area (Å²) in [6.45, 7) is 4.74. The molecule has 0 bridgehead atoms. The highest BCUT2D eigenvalue weighted by atomic mass is 16.7. The first-order valence-corrected chi connectivity index (χ1v) is 27.8. The van der Waals surface area contributed by atoms with E-state index < -0.39 is 24.3 Å². The van der Waals surface area contributed by atoms with Gasteiger partial charge in [0.25, 0.3) is 6.29 Å². The minimum atomic E-state index is -1.52. The van der Waals surface area contributed by atoms with Gasteiger partial charge in [-0.05, 0) is 89.9 Å². The number of nitrogens with zero attached hydrogens (tertiary/aromatic N) is 1. The van der Waals surface area contributed by atoms with E-state index in [1.54, 1.807) is 0 Å². The van der Waals surface area contributed by atoms with Crippen LogP contribution < -0.4 is 0 Å². The molecular weight excluding hydrogens is 863 g/mol. The van der Waals surface area contributed by atoms with Crippen molar-refractivity contribution < 1.29 is 42.9 Å². The highest BCUT2D eigenvalue weighted by Crippen LogP contribution is 2.15. The Morgan fingerprint density at radius 3 is 1.25 bits per heavy atom. The predicted molar refractivity (Wildman–Crippen MR) is 290 cm³/mol. The Bertz CT molecular complexity index is 1400. The topological polar surface area (TPSA) is 108 Å². The molecule has 0 amide bonds. The van der Waals surface area contributed by atoms with Crippen molar-refractivity contribution in [3.05, 3.63) is 85.1 Å². The number of carboxylic acids is 1. The van der Waals surface area contributed by atoms with Crippen LogP contribution in [0.4, 0.5) is 0 Å². The molecule has 9 heteroatoms. The van der Waals surface area contributed by atoms with Gasteiger partial charge in [0.2, 0.25) is 0 Å². The van der Waals surface area contributed by atoms with Crippen molar-refractivity contribution in [2.24, 2.45) is 0 Å². The number of carbonyl (C=O) groups excluding carboxylic acids is 2. The van der Waals surface area contributed by atoms with Gasteiger partial charge in [0, 0.05) is 12.8 Å². The molecular formula is C60H104NO8+. The first kappa shape index (κ1) is 65.5. The molecule has 0 aliphatic heterocycles. The molecule has 0 radical (unpaired) electrons. The maximum Gasteiger partial charge on any atom is 0.361 e. The number of likely N-dealkylation sites (N-methyl/N-ethyl adjacent to an activating group) is 1. The lowest BCUT2D eigenvalue weighted by Crippen LogP contribution is -2.40. The van der Waals surface area contributed by atoms with Crippen molar-refractivity contribution in [1.82, 2.24) is 0 Å². The summed E-state index contributed by atoms with van der Waals surface area (Å²) in [5.74, 6) is -2.03. The summed E-state index contributed by atoms with van der Waals surface area (Å²) in [6.07, 6.45) is 63.6. The molecule has 0 aliphatic carbocycles. The second-order valence-electron chi connectivity index (χ2n) is 19.5. The van der Waals surface area contributed by atoms with E-state index >= 15 is 0 Å². The van der Waals surface area contributed by atoms with Crippen molar-refractivity contribution in [1.29, 1.82) is 0 Å². The standard InChI is InChI=1S/C60H103NO8/c1-6-8-10-12-14-16-18-20-22-24-25-26-27-28-29-30-31-32-33-35-37-39-41-43-45-47-49-51-58(63)69-56(55-68-60(59(64)65)66-53-52-61(3,4)5)54-67-57(62)50-48-46-44-42-40-38-36-34-23-21-19-17-15-13-11-9-7-2/h8,10,14,16,20-23,25-26,28-29,31-32,56,60H,6-7,9,11-13,15,17-19,24,27,30,33-55H2,1-5H3/p+1/b10-8-,16-14-,22-20-,23-21-,26-25-,29-28-,32-31-. The molecule has 0 aliphatic rings. The third kappa shape index (κ3) is 52.1. The number of rotatable bonds is 50. The zero-order valence-corrected chi connectivity index (χ0v) is 44.9. The molecule has 2 unspecified atom stereocenters. The van der Waals surface area contributed by atoms with E-state index in [-0.39, 0.29) is 32.2 Å². The third-order valence-electron chi connectivity index (χ3n) is 11.6. The highest BCUT2D eigenvalue weighted by Gasteiger charge is 2.25. The summed E-state index contributed by atoms with van der Waals surface area (Å²) in [4.78, 5) is 37.4. The average Bonchev–Trinajstić information content (AvgIpc) is 3.31. The van der Waals surface area contributed by atoms with Gasteiger partial charge in [-0.15, -0.1) is 0 Å². The van der Waals surface area contributed by atoms with Crippen LogP contribution in [-0.4, -0.2) is 87.4 Å². The third-order valence-corrected chi connectivity index (χ3v) is 11.6. The predicted octanol–water partition coefficient (Wildman–Crippen LogP) is 16.0. The SMILES string of the molecule is CC/C=C\C/C=C\C/C=C\C/C=C\C/C=C\C/C=C\CCCCCCCCCCC(=O)OC(COC(=O)CCCCCCCCC/C=C\CCCCCCCC)COC(OCC[N+](C)(C)C)C(=O)O. The summed E-state index contributed by atoms with van der Waals surface area (Å²) in [6, 6.07) is 0. The lowest BCUT2D eigenvalue weighted by molar-refractivity contribution is -0.870. The zero-order valence-electron chi connectivity index (χ0n) is 44.9.